The van der Waals surface area contributed by atoms with Crippen molar-refractivity contribution in [2.75, 3.05) is 26.2 Å². The van der Waals surface area contributed by atoms with E-state index in [1.54, 1.807) is 6.92 Å². The van der Waals surface area contributed by atoms with Gasteiger partial charge in [-0.25, -0.2) is 8.42 Å². The molecule has 1 aliphatic heterocycles. The highest BCUT2D eigenvalue weighted by atomic mass is 32.2. The molecule has 126 valence electrons. The van der Waals surface area contributed by atoms with Gasteiger partial charge in [-0.3, -0.25) is 0 Å². The zero-order chi connectivity index (χ0) is 17.3. The van der Waals surface area contributed by atoms with E-state index in [-0.39, 0.29) is 19.1 Å². The summed E-state index contributed by atoms with van der Waals surface area (Å²) in [6.45, 7) is 2.70. The molecule has 0 bridgehead atoms. The van der Waals surface area contributed by atoms with Crippen molar-refractivity contribution < 1.29 is 26.5 Å². The lowest BCUT2D eigenvalue weighted by Crippen LogP contribution is -3.17. The number of nitrogens with zero attached hydrogens (tertiary/aromatic N) is 2. The molecule has 1 aromatic rings. The fourth-order valence-corrected chi connectivity index (χ4v) is 4.26. The van der Waals surface area contributed by atoms with Crippen LogP contribution in [0.15, 0.2) is 29.2 Å². The summed E-state index contributed by atoms with van der Waals surface area (Å²) in [5.74, 6) is 0. The predicted octanol–water partition coefficient (Wildman–Crippen LogP) is 0.507. The maximum absolute atomic E-state index is 13.0. The Kier molecular flexibility index (Phi) is 4.98. The van der Waals surface area contributed by atoms with Crippen LogP contribution in [0.5, 0.6) is 0 Å². The second-order valence-electron chi connectivity index (χ2n) is 5.41. The third kappa shape index (κ3) is 3.65. The molecule has 1 saturated heterocycles. The van der Waals surface area contributed by atoms with Crippen LogP contribution in [-0.2, 0) is 16.2 Å². The van der Waals surface area contributed by atoms with E-state index in [1.807, 2.05) is 0 Å². The summed E-state index contributed by atoms with van der Waals surface area (Å²) >= 11 is 0. The Labute approximate surface area is 133 Å². The highest BCUT2D eigenvalue weighted by molar-refractivity contribution is 7.89. The van der Waals surface area contributed by atoms with Crippen LogP contribution in [0.4, 0.5) is 13.2 Å². The van der Waals surface area contributed by atoms with Crippen molar-refractivity contribution in [3.05, 3.63) is 29.8 Å². The van der Waals surface area contributed by atoms with E-state index < -0.39 is 26.7 Å². The van der Waals surface area contributed by atoms with Crippen molar-refractivity contribution in [3.63, 3.8) is 0 Å². The van der Waals surface area contributed by atoms with Gasteiger partial charge in [-0.2, -0.15) is 22.7 Å². The molecule has 2 rings (SSSR count). The molecule has 9 heteroatoms. The topological polar surface area (TPSA) is 65.6 Å². The number of nitriles is 1. The zero-order valence-electron chi connectivity index (χ0n) is 12.5. The summed E-state index contributed by atoms with van der Waals surface area (Å²) in [4.78, 5) is 0.215. The SMILES string of the molecule is C[C@@H](C#N)[NH+]1CCN(S(=O)(=O)c2ccccc2C(F)(F)F)CC1. The zero-order valence-corrected chi connectivity index (χ0v) is 13.3. The lowest BCUT2D eigenvalue weighted by Gasteiger charge is -2.33. The van der Waals surface area contributed by atoms with Gasteiger partial charge in [-0.1, -0.05) is 12.1 Å². The molecule has 1 fully saturated rings. The van der Waals surface area contributed by atoms with E-state index in [0.29, 0.717) is 13.1 Å². The van der Waals surface area contributed by atoms with E-state index in [9.17, 15) is 21.6 Å². The van der Waals surface area contributed by atoms with E-state index >= 15 is 0 Å². The van der Waals surface area contributed by atoms with Gasteiger partial charge in [-0.15, -0.1) is 0 Å². The van der Waals surface area contributed by atoms with Crippen molar-refractivity contribution in [2.45, 2.75) is 24.0 Å². The maximum Gasteiger partial charge on any atom is 0.417 e. The highest BCUT2D eigenvalue weighted by Gasteiger charge is 2.40. The first-order valence-electron chi connectivity index (χ1n) is 7.08. The predicted molar refractivity (Wildman–Crippen MR) is 76.0 cm³/mol. The van der Waals surface area contributed by atoms with Crippen molar-refractivity contribution in [1.29, 1.82) is 5.26 Å². The van der Waals surface area contributed by atoms with Crippen LogP contribution in [0.1, 0.15) is 12.5 Å². The molecule has 0 spiro atoms. The number of sulfonamides is 1. The maximum atomic E-state index is 13.0. The van der Waals surface area contributed by atoms with Crippen LogP contribution in [-0.4, -0.2) is 44.9 Å². The Morgan fingerprint density at radius 3 is 2.35 bits per heavy atom. The first kappa shape index (κ1) is 17.7. The third-order valence-corrected chi connectivity index (χ3v) is 5.94. The Morgan fingerprint density at radius 2 is 1.83 bits per heavy atom. The molecule has 1 atom stereocenters. The number of piperazine rings is 1. The Bertz CT molecular complexity index is 705. The molecule has 0 radical (unpaired) electrons. The van der Waals surface area contributed by atoms with Gasteiger partial charge in [0.1, 0.15) is 6.07 Å². The molecule has 1 N–H and O–H groups in total. The van der Waals surface area contributed by atoms with Gasteiger partial charge in [0.15, 0.2) is 6.04 Å². The molecule has 0 aliphatic carbocycles. The molecule has 0 amide bonds. The molecule has 1 aliphatic rings. The Morgan fingerprint density at radius 1 is 1.26 bits per heavy atom. The average Bonchev–Trinajstić information content (AvgIpc) is 2.53. The second kappa shape index (κ2) is 6.47. The summed E-state index contributed by atoms with van der Waals surface area (Å²) in [6, 6.07) is 6.02. The van der Waals surface area contributed by atoms with Crippen molar-refractivity contribution >= 4 is 10.0 Å². The molecule has 1 aromatic carbocycles. The van der Waals surface area contributed by atoms with Crippen LogP contribution in [0.3, 0.4) is 0 Å². The molecule has 1 heterocycles. The minimum absolute atomic E-state index is 0.0931. The molecule has 0 saturated carbocycles. The van der Waals surface area contributed by atoms with Crippen LogP contribution in [0, 0.1) is 11.3 Å². The molecule has 0 unspecified atom stereocenters. The lowest BCUT2D eigenvalue weighted by molar-refractivity contribution is -0.918. The highest BCUT2D eigenvalue weighted by Crippen LogP contribution is 2.35. The van der Waals surface area contributed by atoms with Crippen molar-refractivity contribution in [3.8, 4) is 6.07 Å². The van der Waals surface area contributed by atoms with Crippen LogP contribution in [0.2, 0.25) is 0 Å². The molecular weight excluding hydrogens is 331 g/mol. The fraction of sp³-hybridized carbons (Fsp3) is 0.500. The number of hydrogen-bond acceptors (Lipinski definition) is 3. The summed E-state index contributed by atoms with van der Waals surface area (Å²) < 4.78 is 65.3. The van der Waals surface area contributed by atoms with Gasteiger partial charge in [0.25, 0.3) is 0 Å². The van der Waals surface area contributed by atoms with E-state index in [1.165, 1.54) is 12.1 Å². The Hall–Kier alpha value is -1.63. The molecular formula is C14H17F3N3O2S+. The fourth-order valence-electron chi connectivity index (χ4n) is 2.60. The number of rotatable bonds is 3. The minimum atomic E-state index is -4.73. The summed E-state index contributed by atoms with van der Waals surface area (Å²) in [5.41, 5.74) is -1.15. The number of nitrogens with one attached hydrogen (secondary N) is 1. The normalized spacial score (nSPS) is 19.3. The minimum Gasteiger partial charge on any atom is -0.319 e. The third-order valence-electron chi connectivity index (χ3n) is 3.98. The van der Waals surface area contributed by atoms with Gasteiger partial charge >= 0.3 is 6.18 Å². The van der Waals surface area contributed by atoms with Gasteiger partial charge in [0.2, 0.25) is 10.0 Å². The number of alkyl halides is 3. The van der Waals surface area contributed by atoms with E-state index in [4.69, 9.17) is 5.26 Å². The van der Waals surface area contributed by atoms with Crippen molar-refractivity contribution in [1.82, 2.24) is 4.31 Å². The largest absolute Gasteiger partial charge is 0.417 e. The number of benzene rings is 1. The van der Waals surface area contributed by atoms with E-state index in [2.05, 4.69) is 6.07 Å². The van der Waals surface area contributed by atoms with Crippen LogP contribution >= 0.6 is 0 Å². The number of halogens is 3. The standard InChI is InChI=1S/C14H16F3N3O2S/c1-11(10-18)19-6-8-20(9-7-19)23(21,22)13-5-3-2-4-12(13)14(15,16)17/h2-5,11H,6-9H2,1H3/p+1/t11-/m0/s1. The van der Waals surface area contributed by atoms with Crippen molar-refractivity contribution in [2.24, 2.45) is 0 Å². The summed E-state index contributed by atoms with van der Waals surface area (Å²) in [5, 5.41) is 8.89. The summed E-state index contributed by atoms with van der Waals surface area (Å²) in [6.07, 6.45) is -4.73. The van der Waals surface area contributed by atoms with Gasteiger partial charge in [-0.05, 0) is 12.1 Å². The lowest BCUT2D eigenvalue weighted by atomic mass is 10.2. The van der Waals surface area contributed by atoms with Crippen LogP contribution < -0.4 is 4.90 Å². The van der Waals surface area contributed by atoms with E-state index in [0.717, 1.165) is 21.3 Å². The quantitative estimate of drug-likeness (QED) is 0.866. The Balaban J connectivity index is 2.27. The first-order chi connectivity index (χ1) is 10.7. The monoisotopic (exact) mass is 348 g/mol. The van der Waals surface area contributed by atoms with Gasteiger partial charge in [0, 0.05) is 6.92 Å². The second-order valence-corrected chi connectivity index (χ2v) is 7.31. The smallest absolute Gasteiger partial charge is 0.319 e. The van der Waals surface area contributed by atoms with Gasteiger partial charge in [0.05, 0.1) is 36.6 Å². The number of hydrogen-bond donors (Lipinski definition) is 1. The molecule has 0 aromatic heterocycles. The van der Waals surface area contributed by atoms with Gasteiger partial charge < -0.3 is 4.90 Å². The summed E-state index contributed by atoms with van der Waals surface area (Å²) in [7, 11) is -4.21. The molecule has 23 heavy (non-hydrogen) atoms. The number of quaternary nitrogens is 1. The first-order valence-corrected chi connectivity index (χ1v) is 8.52. The molecule has 5 nitrogen and oxygen atoms in total. The van der Waals surface area contributed by atoms with Crippen LogP contribution in [0.25, 0.3) is 0 Å². The average molecular weight is 348 g/mol.